The van der Waals surface area contributed by atoms with E-state index in [0.717, 1.165) is 19.3 Å². The highest BCUT2D eigenvalue weighted by molar-refractivity contribution is 5.85. The first-order valence-corrected chi connectivity index (χ1v) is 7.12. The summed E-state index contributed by atoms with van der Waals surface area (Å²) in [6, 6.07) is 4.97. The van der Waals surface area contributed by atoms with E-state index in [1.54, 1.807) is 25.3 Å². The number of carbonyl (C=O) groups is 1. The normalized spacial score (nSPS) is 29.4. The maximum atomic E-state index is 12.3. The summed E-state index contributed by atoms with van der Waals surface area (Å²) in [5.74, 6) is 0.683. The molecule has 0 aromatic heterocycles. The summed E-state index contributed by atoms with van der Waals surface area (Å²) < 4.78 is 5.17. The molecule has 0 spiro atoms. The zero-order valence-corrected chi connectivity index (χ0v) is 11.6. The Kier molecular flexibility index (Phi) is 3.53. The smallest absolute Gasteiger partial charge is 0.242 e. The molecule has 0 bridgehead atoms. The highest BCUT2D eigenvalue weighted by Gasteiger charge is 2.37. The molecule has 2 aliphatic rings. The fourth-order valence-electron chi connectivity index (χ4n) is 3.18. The lowest BCUT2D eigenvalue weighted by atomic mass is 9.86. The number of ether oxygens (including phenoxy) is 1. The van der Waals surface area contributed by atoms with Crippen LogP contribution >= 0.6 is 0 Å². The third-order valence-corrected chi connectivity index (χ3v) is 4.28. The van der Waals surface area contributed by atoms with E-state index in [1.165, 1.54) is 6.42 Å². The van der Waals surface area contributed by atoms with Gasteiger partial charge in [-0.2, -0.15) is 0 Å². The van der Waals surface area contributed by atoms with Gasteiger partial charge in [0, 0.05) is 17.6 Å². The molecule has 5 heteroatoms. The van der Waals surface area contributed by atoms with Crippen molar-refractivity contribution in [2.45, 2.75) is 43.8 Å². The van der Waals surface area contributed by atoms with Crippen molar-refractivity contribution in [1.29, 1.82) is 0 Å². The number of hydrogen-bond acceptors (Lipinski definition) is 4. The van der Waals surface area contributed by atoms with Crippen LogP contribution in [0.25, 0.3) is 0 Å². The second-order valence-corrected chi connectivity index (χ2v) is 5.53. The van der Waals surface area contributed by atoms with E-state index >= 15 is 0 Å². The summed E-state index contributed by atoms with van der Waals surface area (Å²) in [6.07, 6.45) is 4.44. The van der Waals surface area contributed by atoms with Crippen LogP contribution in [0.15, 0.2) is 18.2 Å². The van der Waals surface area contributed by atoms with Gasteiger partial charge >= 0.3 is 0 Å². The molecule has 1 aliphatic heterocycles. The molecular formula is C15H20N2O3. The average Bonchev–Trinajstić information content (AvgIpc) is 2.47. The van der Waals surface area contributed by atoms with E-state index in [4.69, 9.17) is 4.74 Å². The first-order chi connectivity index (χ1) is 9.69. The van der Waals surface area contributed by atoms with E-state index in [9.17, 15) is 9.90 Å². The van der Waals surface area contributed by atoms with Crippen molar-refractivity contribution in [2.24, 2.45) is 0 Å². The van der Waals surface area contributed by atoms with Crippen molar-refractivity contribution >= 4 is 5.91 Å². The van der Waals surface area contributed by atoms with Crippen LogP contribution in [0.4, 0.5) is 0 Å². The van der Waals surface area contributed by atoms with Crippen LogP contribution in [-0.2, 0) is 4.79 Å². The molecule has 1 aromatic rings. The molecule has 1 saturated carbocycles. The molecule has 1 saturated heterocycles. The molecule has 3 rings (SSSR count). The summed E-state index contributed by atoms with van der Waals surface area (Å²) in [4.78, 5) is 12.3. The Morgan fingerprint density at radius 1 is 1.25 bits per heavy atom. The van der Waals surface area contributed by atoms with E-state index in [0.29, 0.717) is 11.3 Å². The number of nitrogens with one attached hydrogen (secondary N) is 2. The Labute approximate surface area is 118 Å². The molecule has 108 valence electrons. The first kappa shape index (κ1) is 13.2. The minimum absolute atomic E-state index is 0.0725. The van der Waals surface area contributed by atoms with Gasteiger partial charge in [-0.25, -0.2) is 0 Å². The van der Waals surface area contributed by atoms with Gasteiger partial charge in [0.05, 0.1) is 7.11 Å². The Hall–Kier alpha value is -1.75. The lowest BCUT2D eigenvalue weighted by Crippen LogP contribution is -2.61. The SMILES string of the molecule is COc1ccc(O)c(C2N[C@H]3CCCC[C@@H]3NC2=O)c1. The van der Waals surface area contributed by atoms with Gasteiger partial charge < -0.3 is 15.2 Å². The first-order valence-electron chi connectivity index (χ1n) is 7.12. The quantitative estimate of drug-likeness (QED) is 0.765. The van der Waals surface area contributed by atoms with Gasteiger partial charge in [-0.05, 0) is 31.0 Å². The van der Waals surface area contributed by atoms with Crippen LogP contribution in [0.5, 0.6) is 11.5 Å². The Morgan fingerprint density at radius 3 is 2.75 bits per heavy atom. The van der Waals surface area contributed by atoms with E-state index in [1.807, 2.05) is 0 Å². The Balaban J connectivity index is 1.87. The molecular weight excluding hydrogens is 256 g/mol. The van der Waals surface area contributed by atoms with Gasteiger partial charge in [-0.1, -0.05) is 12.8 Å². The maximum absolute atomic E-state index is 12.3. The minimum atomic E-state index is -0.510. The number of benzene rings is 1. The predicted octanol–water partition coefficient (Wildman–Crippen LogP) is 1.47. The molecule has 1 heterocycles. The average molecular weight is 276 g/mol. The Bertz CT molecular complexity index is 518. The minimum Gasteiger partial charge on any atom is -0.508 e. The number of phenolic OH excluding ortho intramolecular Hbond substituents is 1. The van der Waals surface area contributed by atoms with Crippen molar-refractivity contribution in [3.05, 3.63) is 23.8 Å². The van der Waals surface area contributed by atoms with Crippen LogP contribution in [0, 0.1) is 0 Å². The molecule has 1 unspecified atom stereocenters. The molecule has 3 atom stereocenters. The second-order valence-electron chi connectivity index (χ2n) is 5.53. The highest BCUT2D eigenvalue weighted by Crippen LogP contribution is 2.32. The van der Waals surface area contributed by atoms with Crippen molar-refractivity contribution < 1.29 is 14.6 Å². The van der Waals surface area contributed by atoms with Gasteiger partial charge in [-0.15, -0.1) is 0 Å². The van der Waals surface area contributed by atoms with Gasteiger partial charge in [0.25, 0.3) is 0 Å². The summed E-state index contributed by atoms with van der Waals surface area (Å²) in [7, 11) is 1.57. The van der Waals surface area contributed by atoms with Crippen molar-refractivity contribution in [1.82, 2.24) is 10.6 Å². The molecule has 2 fully saturated rings. The molecule has 3 N–H and O–H groups in total. The number of aromatic hydroxyl groups is 1. The molecule has 0 radical (unpaired) electrons. The van der Waals surface area contributed by atoms with Crippen LogP contribution in [0.2, 0.25) is 0 Å². The van der Waals surface area contributed by atoms with Crippen molar-refractivity contribution in [3.63, 3.8) is 0 Å². The van der Waals surface area contributed by atoms with Crippen LogP contribution in [0.3, 0.4) is 0 Å². The van der Waals surface area contributed by atoms with Gasteiger partial charge in [0.2, 0.25) is 5.91 Å². The third kappa shape index (κ3) is 2.33. The molecule has 1 aromatic carbocycles. The number of methoxy groups -OCH3 is 1. The largest absolute Gasteiger partial charge is 0.508 e. The van der Waals surface area contributed by atoms with E-state index < -0.39 is 6.04 Å². The number of fused-ring (bicyclic) bond motifs is 1. The number of hydrogen-bond donors (Lipinski definition) is 3. The monoisotopic (exact) mass is 276 g/mol. The summed E-state index contributed by atoms with van der Waals surface area (Å²) in [6.45, 7) is 0. The van der Waals surface area contributed by atoms with Gasteiger partial charge in [-0.3, -0.25) is 10.1 Å². The Morgan fingerprint density at radius 2 is 2.00 bits per heavy atom. The highest BCUT2D eigenvalue weighted by atomic mass is 16.5. The van der Waals surface area contributed by atoms with E-state index in [2.05, 4.69) is 10.6 Å². The summed E-state index contributed by atoms with van der Waals surface area (Å²) in [5, 5.41) is 16.5. The number of rotatable bonds is 2. The predicted molar refractivity (Wildman–Crippen MR) is 74.7 cm³/mol. The number of carbonyl (C=O) groups excluding carboxylic acids is 1. The molecule has 20 heavy (non-hydrogen) atoms. The number of amides is 1. The summed E-state index contributed by atoms with van der Waals surface area (Å²) in [5.41, 5.74) is 0.575. The number of piperazine rings is 1. The van der Waals surface area contributed by atoms with Gasteiger partial charge in [0.15, 0.2) is 0 Å². The zero-order chi connectivity index (χ0) is 14.1. The number of phenols is 1. The molecule has 5 nitrogen and oxygen atoms in total. The molecule has 1 amide bonds. The lowest BCUT2D eigenvalue weighted by Gasteiger charge is -2.40. The van der Waals surface area contributed by atoms with Crippen LogP contribution < -0.4 is 15.4 Å². The standard InChI is InChI=1S/C15H20N2O3/c1-20-9-6-7-13(18)10(8-9)14-15(19)17-12-5-3-2-4-11(12)16-14/h6-8,11-12,14,16,18H,2-5H2,1H3,(H,17,19)/t11-,12-,14?/m0/s1. The fraction of sp³-hybridized carbons (Fsp3) is 0.533. The topological polar surface area (TPSA) is 70.6 Å². The lowest BCUT2D eigenvalue weighted by molar-refractivity contribution is -0.127. The van der Waals surface area contributed by atoms with E-state index in [-0.39, 0.29) is 23.7 Å². The van der Waals surface area contributed by atoms with Crippen molar-refractivity contribution in [2.75, 3.05) is 7.11 Å². The zero-order valence-electron chi connectivity index (χ0n) is 11.6. The van der Waals surface area contributed by atoms with Crippen LogP contribution in [-0.4, -0.2) is 30.2 Å². The second kappa shape index (κ2) is 5.32. The molecule has 1 aliphatic carbocycles. The van der Waals surface area contributed by atoms with Crippen molar-refractivity contribution in [3.8, 4) is 11.5 Å². The third-order valence-electron chi connectivity index (χ3n) is 4.28. The fourth-order valence-corrected chi connectivity index (χ4v) is 3.18. The van der Waals surface area contributed by atoms with Gasteiger partial charge in [0.1, 0.15) is 17.5 Å². The van der Waals surface area contributed by atoms with Crippen LogP contribution in [0.1, 0.15) is 37.3 Å². The maximum Gasteiger partial charge on any atom is 0.242 e. The summed E-state index contributed by atoms with van der Waals surface area (Å²) >= 11 is 0.